The number of aromatic nitrogens is 2. The highest BCUT2D eigenvalue weighted by Crippen LogP contribution is 2.45. The predicted molar refractivity (Wildman–Crippen MR) is 68.1 cm³/mol. The lowest BCUT2D eigenvalue weighted by Gasteiger charge is -2.09. The molecule has 3 rings (SSSR count). The van der Waals surface area contributed by atoms with Gasteiger partial charge in [0, 0.05) is 5.56 Å². The van der Waals surface area contributed by atoms with Gasteiger partial charge in [-0.15, -0.1) is 0 Å². The highest BCUT2D eigenvalue weighted by Gasteiger charge is 2.24. The topological polar surface area (TPSA) is 83.4 Å². The fourth-order valence-electron chi connectivity index (χ4n) is 2.03. The van der Waals surface area contributed by atoms with Crippen molar-refractivity contribution in [2.45, 2.75) is 19.9 Å². The van der Waals surface area contributed by atoms with E-state index in [0.29, 0.717) is 28.2 Å². The molecule has 19 heavy (non-hydrogen) atoms. The average Bonchev–Trinajstić information content (AvgIpc) is 3.07. The van der Waals surface area contributed by atoms with Crippen LogP contribution in [0.2, 0.25) is 5.02 Å². The van der Waals surface area contributed by atoms with E-state index in [2.05, 4.69) is 10.1 Å². The molecule has 0 spiro atoms. The van der Waals surface area contributed by atoms with Crippen molar-refractivity contribution in [1.29, 1.82) is 0 Å². The SMILES string of the molecule is CCc1c(-c2noc(CN)n2)cc2c(c1Cl)OCO2. The quantitative estimate of drug-likeness (QED) is 0.928. The molecule has 0 amide bonds. The predicted octanol–water partition coefficient (Wildman–Crippen LogP) is 2.14. The smallest absolute Gasteiger partial charge is 0.240 e. The normalized spacial score (nSPS) is 13.0. The van der Waals surface area contributed by atoms with Gasteiger partial charge in [-0.25, -0.2) is 0 Å². The molecule has 0 saturated heterocycles. The van der Waals surface area contributed by atoms with Crippen LogP contribution in [-0.2, 0) is 13.0 Å². The molecule has 0 unspecified atom stereocenters. The number of hydrogen-bond donors (Lipinski definition) is 1. The minimum absolute atomic E-state index is 0.169. The van der Waals surface area contributed by atoms with Crippen LogP contribution < -0.4 is 15.2 Å². The summed E-state index contributed by atoms with van der Waals surface area (Å²) in [5, 5.41) is 4.45. The van der Waals surface area contributed by atoms with Crippen LogP contribution in [-0.4, -0.2) is 16.9 Å². The number of ether oxygens (including phenoxy) is 2. The first-order chi connectivity index (χ1) is 9.24. The molecule has 0 bridgehead atoms. The summed E-state index contributed by atoms with van der Waals surface area (Å²) >= 11 is 6.33. The Morgan fingerprint density at radius 2 is 2.26 bits per heavy atom. The van der Waals surface area contributed by atoms with Gasteiger partial charge in [-0.1, -0.05) is 23.7 Å². The molecule has 0 atom stereocenters. The van der Waals surface area contributed by atoms with Crippen LogP contribution in [0.1, 0.15) is 18.4 Å². The summed E-state index contributed by atoms with van der Waals surface area (Å²) in [6.07, 6.45) is 0.720. The number of nitrogens with zero attached hydrogens (tertiary/aromatic N) is 2. The van der Waals surface area contributed by atoms with E-state index in [-0.39, 0.29) is 13.3 Å². The van der Waals surface area contributed by atoms with E-state index in [9.17, 15) is 0 Å². The van der Waals surface area contributed by atoms with Gasteiger partial charge in [-0.3, -0.25) is 0 Å². The maximum Gasteiger partial charge on any atom is 0.240 e. The summed E-state index contributed by atoms with van der Waals surface area (Å²) in [5.41, 5.74) is 7.14. The summed E-state index contributed by atoms with van der Waals surface area (Å²) in [6.45, 7) is 2.37. The molecule has 0 radical (unpaired) electrons. The number of nitrogens with two attached hydrogens (primary N) is 1. The minimum Gasteiger partial charge on any atom is -0.454 e. The molecule has 0 saturated carbocycles. The summed E-state index contributed by atoms with van der Waals surface area (Å²) in [5.74, 6) is 2.00. The standard InChI is InChI=1S/C12H12ClN3O3/c1-2-6-7(12-15-9(4-14)19-16-12)3-8-11(10(6)13)18-5-17-8/h3H,2,4-5,14H2,1H3. The average molecular weight is 282 g/mol. The number of benzene rings is 1. The molecule has 6 nitrogen and oxygen atoms in total. The van der Waals surface area contributed by atoms with Crippen LogP contribution in [0.25, 0.3) is 11.4 Å². The Bertz CT molecular complexity index is 627. The Hall–Kier alpha value is -1.79. The molecule has 2 heterocycles. The van der Waals surface area contributed by atoms with Crippen LogP contribution in [0.5, 0.6) is 11.5 Å². The molecule has 0 fully saturated rings. The van der Waals surface area contributed by atoms with Crippen molar-refractivity contribution in [1.82, 2.24) is 10.1 Å². The summed E-state index contributed by atoms with van der Waals surface area (Å²) in [4.78, 5) is 4.22. The van der Waals surface area contributed by atoms with Gasteiger partial charge in [-0.05, 0) is 18.1 Å². The Kier molecular flexibility index (Phi) is 3.04. The zero-order valence-corrected chi connectivity index (χ0v) is 11.0. The van der Waals surface area contributed by atoms with Crippen LogP contribution >= 0.6 is 11.6 Å². The molecule has 1 aromatic carbocycles. The third-order valence-corrected chi connectivity index (χ3v) is 3.34. The lowest BCUT2D eigenvalue weighted by atomic mass is 10.0. The monoisotopic (exact) mass is 281 g/mol. The van der Waals surface area contributed by atoms with E-state index in [4.69, 9.17) is 31.3 Å². The molecule has 1 aromatic heterocycles. The Labute approximate surface area is 114 Å². The van der Waals surface area contributed by atoms with Gasteiger partial charge in [-0.2, -0.15) is 4.98 Å². The summed E-state index contributed by atoms with van der Waals surface area (Å²) in [7, 11) is 0. The second kappa shape index (κ2) is 4.71. The zero-order valence-electron chi connectivity index (χ0n) is 10.3. The van der Waals surface area contributed by atoms with Crippen molar-refractivity contribution in [2.24, 2.45) is 5.73 Å². The van der Waals surface area contributed by atoms with Crippen molar-refractivity contribution in [3.05, 3.63) is 22.5 Å². The molecule has 2 N–H and O–H groups in total. The second-order valence-corrected chi connectivity index (χ2v) is 4.40. The lowest BCUT2D eigenvalue weighted by Crippen LogP contribution is -1.96. The van der Waals surface area contributed by atoms with Crippen LogP contribution in [0.15, 0.2) is 10.6 Å². The van der Waals surface area contributed by atoms with Crippen molar-refractivity contribution >= 4 is 11.6 Å². The Balaban J connectivity index is 2.17. The van der Waals surface area contributed by atoms with Gasteiger partial charge in [0.05, 0.1) is 11.6 Å². The number of fused-ring (bicyclic) bond motifs is 1. The maximum absolute atomic E-state index is 6.33. The van der Waals surface area contributed by atoms with Gasteiger partial charge in [0.1, 0.15) is 0 Å². The summed E-state index contributed by atoms with van der Waals surface area (Å²) in [6, 6.07) is 1.82. The fourth-order valence-corrected chi connectivity index (χ4v) is 2.42. The number of hydrogen-bond acceptors (Lipinski definition) is 6. The number of halogens is 1. The molecule has 2 aromatic rings. The summed E-state index contributed by atoms with van der Waals surface area (Å²) < 4.78 is 15.7. The first kappa shape index (κ1) is 12.3. The van der Waals surface area contributed by atoms with Gasteiger partial charge >= 0.3 is 0 Å². The Morgan fingerprint density at radius 3 is 2.95 bits per heavy atom. The van der Waals surface area contributed by atoms with Crippen LogP contribution in [0.4, 0.5) is 0 Å². The molecular weight excluding hydrogens is 270 g/mol. The molecule has 1 aliphatic heterocycles. The van der Waals surface area contributed by atoms with E-state index in [1.54, 1.807) is 0 Å². The third kappa shape index (κ3) is 1.93. The van der Waals surface area contributed by atoms with E-state index in [1.165, 1.54) is 0 Å². The maximum atomic E-state index is 6.33. The number of rotatable bonds is 3. The lowest BCUT2D eigenvalue weighted by molar-refractivity contribution is 0.174. The largest absolute Gasteiger partial charge is 0.454 e. The third-order valence-electron chi connectivity index (χ3n) is 2.94. The molecule has 0 aliphatic carbocycles. The van der Waals surface area contributed by atoms with Crippen LogP contribution in [0.3, 0.4) is 0 Å². The molecule has 1 aliphatic rings. The van der Waals surface area contributed by atoms with Crippen molar-refractivity contribution < 1.29 is 14.0 Å². The van der Waals surface area contributed by atoms with Crippen molar-refractivity contribution in [3.63, 3.8) is 0 Å². The van der Waals surface area contributed by atoms with E-state index in [1.807, 2.05) is 13.0 Å². The highest BCUT2D eigenvalue weighted by molar-refractivity contribution is 6.33. The van der Waals surface area contributed by atoms with E-state index in [0.717, 1.165) is 17.5 Å². The minimum atomic E-state index is 0.169. The first-order valence-electron chi connectivity index (χ1n) is 5.88. The van der Waals surface area contributed by atoms with Crippen molar-refractivity contribution in [3.8, 4) is 22.9 Å². The van der Waals surface area contributed by atoms with Gasteiger partial charge in [0.25, 0.3) is 0 Å². The fraction of sp³-hybridized carbons (Fsp3) is 0.333. The second-order valence-electron chi connectivity index (χ2n) is 4.02. The van der Waals surface area contributed by atoms with Gasteiger partial charge < -0.3 is 19.7 Å². The van der Waals surface area contributed by atoms with Gasteiger partial charge in [0.2, 0.25) is 18.5 Å². The van der Waals surface area contributed by atoms with E-state index >= 15 is 0 Å². The van der Waals surface area contributed by atoms with E-state index < -0.39 is 0 Å². The van der Waals surface area contributed by atoms with Crippen LogP contribution in [0, 0.1) is 0 Å². The highest BCUT2D eigenvalue weighted by atomic mass is 35.5. The van der Waals surface area contributed by atoms with Gasteiger partial charge in [0.15, 0.2) is 11.5 Å². The zero-order chi connectivity index (χ0) is 13.4. The van der Waals surface area contributed by atoms with Crippen molar-refractivity contribution in [2.75, 3.05) is 6.79 Å². The molecule has 100 valence electrons. The molecular formula is C12H12ClN3O3. The first-order valence-corrected chi connectivity index (χ1v) is 6.26. The Morgan fingerprint density at radius 1 is 1.42 bits per heavy atom. The molecule has 7 heteroatoms.